The first-order valence-corrected chi connectivity index (χ1v) is 46.6. The quantitative estimate of drug-likeness (QED) is 0.131. The van der Waals surface area contributed by atoms with E-state index in [4.69, 9.17) is 0 Å². The first-order valence-electron chi connectivity index (χ1n) is 30.3. The minimum atomic E-state index is -5.15. The predicted octanol–water partition coefficient (Wildman–Crippen LogP) is 20.1. The predicted molar refractivity (Wildman–Crippen MR) is 307 cm³/mol. The van der Waals surface area contributed by atoms with Crippen LogP contribution in [0.4, 0.5) is 0 Å². The van der Waals surface area contributed by atoms with Crippen LogP contribution in [-0.4, -0.2) is 5.92 Å². The van der Waals surface area contributed by atoms with Crippen molar-refractivity contribution in [3.05, 3.63) is 128 Å². The third kappa shape index (κ3) is 7.80. The summed E-state index contributed by atoms with van der Waals surface area (Å²) >= 11 is -5.15. The summed E-state index contributed by atoms with van der Waals surface area (Å²) in [7, 11) is 18.9. The van der Waals surface area contributed by atoms with Gasteiger partial charge in [0.15, 0.2) is 0 Å². The second-order valence-electron chi connectivity index (χ2n) is 28.2. The van der Waals surface area contributed by atoms with Crippen LogP contribution in [0, 0.1) is 61.2 Å². The van der Waals surface area contributed by atoms with Gasteiger partial charge in [0, 0.05) is 0 Å². The van der Waals surface area contributed by atoms with Crippen molar-refractivity contribution in [2.45, 2.75) is 199 Å². The van der Waals surface area contributed by atoms with Gasteiger partial charge in [-0.3, -0.25) is 0 Å². The van der Waals surface area contributed by atoms with Gasteiger partial charge in [-0.2, -0.15) is 0 Å². The van der Waals surface area contributed by atoms with Crippen LogP contribution in [0.25, 0.3) is 34.4 Å². The molecule has 0 radical (unpaired) electrons. The Balaban J connectivity index is 0.892. The first-order chi connectivity index (χ1) is 34.8. The fraction of sp³-hybridized carbons (Fsp3) is 0.588. The average molecular weight is 1090 g/mol. The van der Waals surface area contributed by atoms with Crippen LogP contribution in [0.3, 0.4) is 0 Å². The summed E-state index contributed by atoms with van der Waals surface area (Å²) in [6.07, 6.45) is 38.9. The van der Waals surface area contributed by atoms with E-state index in [2.05, 4.69) is 112 Å². The normalized spacial score (nSPS) is 34.3. The number of aryl methyl sites for hydroxylation is 2. The summed E-state index contributed by atoms with van der Waals surface area (Å²) in [6, 6.07) is 30.4. The first kappa shape index (κ1) is 48.4. The molecule has 2 atom stereocenters. The van der Waals surface area contributed by atoms with Gasteiger partial charge in [0.05, 0.1) is 0 Å². The van der Waals surface area contributed by atoms with Crippen LogP contribution in [0.2, 0.25) is 13.1 Å². The number of halogens is 2. The molecule has 0 N–H and O–H groups in total. The van der Waals surface area contributed by atoms with Gasteiger partial charge in [0.1, 0.15) is 0 Å². The van der Waals surface area contributed by atoms with Gasteiger partial charge in [0.2, 0.25) is 0 Å². The SMILES string of the molecule is Cc1ccc(-c2ccc(C34CC5CC(CC(C5)C3)C4)cc2)c2c1[CH]([Zr]([Cl])([Cl])([CH]1C(CC3CCCCC3)=Cc3c(-c4ccc(C56CC7CC(CC(C7)C5)C6)cc4)ccc(C)c31)[SiH](C)C)C(CC1CCCCC1)=C2. The maximum atomic E-state index is 9.46. The molecule has 379 valence electrons. The molecule has 12 aliphatic carbocycles. The Morgan fingerprint density at radius 1 is 0.458 bits per heavy atom. The zero-order chi connectivity index (χ0) is 48.8. The van der Waals surface area contributed by atoms with Crippen LogP contribution in [0.15, 0.2) is 83.9 Å². The summed E-state index contributed by atoms with van der Waals surface area (Å²) in [5.41, 5.74) is 21.7. The Labute approximate surface area is 444 Å². The van der Waals surface area contributed by atoms with E-state index in [1.54, 1.807) is 22.3 Å². The fourth-order valence-corrected chi connectivity index (χ4v) is 52.3. The number of hydrogen-bond donors (Lipinski definition) is 0. The second-order valence-corrected chi connectivity index (χ2v) is 70.7. The summed E-state index contributed by atoms with van der Waals surface area (Å²) < 4.78 is 0.274. The molecule has 0 heterocycles. The third-order valence-corrected chi connectivity index (χ3v) is 75.1. The minimum absolute atomic E-state index is 0.137. The van der Waals surface area contributed by atoms with Crippen molar-refractivity contribution < 1.29 is 15.6 Å². The van der Waals surface area contributed by atoms with E-state index in [1.165, 1.54) is 197 Å². The molecule has 0 amide bonds. The van der Waals surface area contributed by atoms with Gasteiger partial charge in [-0.15, -0.1) is 0 Å². The molecular weight excluding hydrogens is 1010 g/mol. The topological polar surface area (TPSA) is 0 Å². The van der Waals surface area contributed by atoms with Crippen molar-refractivity contribution >= 4 is 35.1 Å². The Morgan fingerprint density at radius 3 is 1.11 bits per heavy atom. The van der Waals surface area contributed by atoms with Crippen molar-refractivity contribution in [3.8, 4) is 22.3 Å². The average Bonchev–Trinajstić information content (AvgIpc) is 3.96. The van der Waals surface area contributed by atoms with Crippen LogP contribution < -0.4 is 0 Å². The second kappa shape index (κ2) is 18.1. The van der Waals surface area contributed by atoms with Crippen LogP contribution in [0.5, 0.6) is 0 Å². The molecular formula is C68H85Cl2SiZr. The van der Waals surface area contributed by atoms with Crippen LogP contribution in [0.1, 0.15) is 206 Å². The number of fused-ring (bicyclic) bond motifs is 2. The van der Waals surface area contributed by atoms with E-state index in [1.807, 2.05) is 0 Å². The molecule has 16 rings (SSSR count). The van der Waals surface area contributed by atoms with E-state index < -0.39 is 21.5 Å². The standard InChI is InChI=1S/2C33H39.C2H7Si.2ClH.Zr/c2*1-22-7-12-30(32-18-24(17-31(22)32)13-23-5-3-2-4-6-23)28-8-10-29(11-9-28)33-19-25-14-26(20-33)16-27(15-25)21-33;1-3-2;;;/h2*7-12,17-18,23,25-27H,2-6,13-16,19-21H2,1H3;3H,1-2H3;2*1H;/q;;;;;+2/p-2. The fourth-order valence-electron chi connectivity index (χ4n) is 20.8. The molecule has 10 fully saturated rings. The molecule has 72 heavy (non-hydrogen) atoms. The zero-order valence-electron chi connectivity index (χ0n) is 44.7. The van der Waals surface area contributed by atoms with Crippen molar-refractivity contribution in [2.24, 2.45) is 47.3 Å². The molecule has 0 spiro atoms. The van der Waals surface area contributed by atoms with Crippen LogP contribution in [-0.2, 0) is 26.4 Å². The van der Waals surface area contributed by atoms with Gasteiger partial charge in [-0.1, -0.05) is 0 Å². The van der Waals surface area contributed by atoms with Crippen LogP contribution >= 0.6 is 17.0 Å². The van der Waals surface area contributed by atoms with E-state index >= 15 is 0 Å². The summed E-state index contributed by atoms with van der Waals surface area (Å²) in [6.45, 7) is 10.1. The molecule has 2 unspecified atom stereocenters. The summed E-state index contributed by atoms with van der Waals surface area (Å²) in [5.74, 6) is 5.41. The Kier molecular flexibility index (Phi) is 12.1. The van der Waals surface area contributed by atoms with E-state index in [0.717, 1.165) is 48.3 Å². The molecule has 8 bridgehead atoms. The van der Waals surface area contributed by atoms with Crippen molar-refractivity contribution in [2.75, 3.05) is 0 Å². The molecule has 0 nitrogen and oxygen atoms in total. The zero-order valence-corrected chi connectivity index (χ0v) is 49.8. The summed E-state index contributed by atoms with van der Waals surface area (Å²) in [5, 5.41) is 0. The molecule has 4 aromatic rings. The van der Waals surface area contributed by atoms with Gasteiger partial charge in [-0.05, 0) is 0 Å². The van der Waals surface area contributed by atoms with Gasteiger partial charge in [0.25, 0.3) is 0 Å². The molecule has 0 saturated heterocycles. The number of rotatable bonds is 11. The Bertz CT molecular complexity index is 2570. The maximum absolute atomic E-state index is 9.46. The number of allylic oxidation sites excluding steroid dienone is 2. The molecule has 4 aromatic carbocycles. The summed E-state index contributed by atoms with van der Waals surface area (Å²) in [4.78, 5) is 0. The Morgan fingerprint density at radius 2 is 0.792 bits per heavy atom. The van der Waals surface area contributed by atoms with E-state index in [9.17, 15) is 17.0 Å². The molecule has 12 aliphatic rings. The van der Waals surface area contributed by atoms with Crippen molar-refractivity contribution in [1.29, 1.82) is 0 Å². The molecule has 0 aliphatic heterocycles. The van der Waals surface area contributed by atoms with Crippen molar-refractivity contribution in [3.63, 3.8) is 0 Å². The van der Waals surface area contributed by atoms with E-state index in [-0.39, 0.29) is 7.25 Å². The van der Waals surface area contributed by atoms with Crippen molar-refractivity contribution in [1.82, 2.24) is 0 Å². The van der Waals surface area contributed by atoms with Gasteiger partial charge >= 0.3 is 448 Å². The van der Waals surface area contributed by atoms with Gasteiger partial charge < -0.3 is 0 Å². The number of hydrogen-bond acceptors (Lipinski definition) is 0. The molecule has 0 aromatic heterocycles. The Hall–Kier alpha value is -1.96. The third-order valence-electron chi connectivity index (χ3n) is 23.4. The molecule has 4 heteroatoms. The number of benzene rings is 4. The molecule has 10 saturated carbocycles. The van der Waals surface area contributed by atoms with E-state index in [0.29, 0.717) is 22.7 Å². The van der Waals surface area contributed by atoms with Gasteiger partial charge in [-0.25, -0.2) is 0 Å². The monoisotopic (exact) mass is 1090 g/mol.